The Hall–Kier alpha value is -0.530. The highest BCUT2D eigenvalue weighted by molar-refractivity contribution is 5.55. The van der Waals surface area contributed by atoms with Gasteiger partial charge in [0.25, 0.3) is 0 Å². The quantitative estimate of drug-likeness (QED) is 0.428. The maximum atomic E-state index is 4.27. The monoisotopic (exact) mass is 140 g/mol. The summed E-state index contributed by atoms with van der Waals surface area (Å²) in [6.45, 7) is 5.57. The fourth-order valence-corrected chi connectivity index (χ4v) is 1.16. The summed E-state index contributed by atoms with van der Waals surface area (Å²) in [6, 6.07) is 0. The van der Waals surface area contributed by atoms with E-state index < -0.39 is 0 Å². The lowest BCUT2D eigenvalue weighted by atomic mass is 10.4. The van der Waals surface area contributed by atoms with Crippen LogP contribution in [0.15, 0.2) is 4.99 Å². The van der Waals surface area contributed by atoms with Crippen LogP contribution in [0.5, 0.6) is 0 Å². The molecular weight excluding hydrogens is 124 g/mol. The third-order valence-corrected chi connectivity index (χ3v) is 1.74. The lowest BCUT2D eigenvalue weighted by molar-refractivity contribution is 0.533. The van der Waals surface area contributed by atoms with Crippen LogP contribution in [-0.4, -0.2) is 30.9 Å². The Bertz CT molecular complexity index is 104. The summed E-state index contributed by atoms with van der Waals surface area (Å²) in [7, 11) is 0. The van der Waals surface area contributed by atoms with Gasteiger partial charge >= 0.3 is 0 Å². The standard InChI is InChI=1S/C8H16N2/c1-2-5-9-8-10-6-3-4-7-10/h8H,2-7H2,1H3. The number of aliphatic imine (C=N–C) groups is 1. The van der Waals surface area contributed by atoms with E-state index in [2.05, 4.69) is 16.8 Å². The van der Waals surface area contributed by atoms with Crippen molar-refractivity contribution in [2.75, 3.05) is 19.6 Å². The maximum Gasteiger partial charge on any atom is 0.0849 e. The van der Waals surface area contributed by atoms with Gasteiger partial charge in [0.05, 0.1) is 6.34 Å². The van der Waals surface area contributed by atoms with Crippen molar-refractivity contribution in [2.24, 2.45) is 4.99 Å². The van der Waals surface area contributed by atoms with E-state index in [0.29, 0.717) is 0 Å². The molecule has 0 radical (unpaired) electrons. The molecule has 0 bridgehead atoms. The summed E-state index contributed by atoms with van der Waals surface area (Å²) in [5, 5.41) is 0. The zero-order chi connectivity index (χ0) is 7.23. The third kappa shape index (κ3) is 2.38. The van der Waals surface area contributed by atoms with Gasteiger partial charge in [-0.05, 0) is 19.3 Å². The molecule has 0 aliphatic carbocycles. The smallest absolute Gasteiger partial charge is 0.0849 e. The average Bonchev–Trinajstić information content (AvgIpc) is 2.41. The average molecular weight is 140 g/mol. The highest BCUT2D eigenvalue weighted by Crippen LogP contribution is 2.03. The third-order valence-electron chi connectivity index (χ3n) is 1.74. The molecule has 0 N–H and O–H groups in total. The molecule has 0 amide bonds. The van der Waals surface area contributed by atoms with Gasteiger partial charge in [-0.1, -0.05) is 6.92 Å². The molecule has 0 spiro atoms. The van der Waals surface area contributed by atoms with Gasteiger partial charge < -0.3 is 4.90 Å². The Kier molecular flexibility index (Phi) is 3.27. The number of hydrogen-bond acceptors (Lipinski definition) is 1. The van der Waals surface area contributed by atoms with Crippen molar-refractivity contribution >= 4 is 6.34 Å². The largest absolute Gasteiger partial charge is 0.363 e. The molecule has 2 heteroatoms. The first kappa shape index (κ1) is 7.58. The molecule has 0 unspecified atom stereocenters. The fraction of sp³-hybridized carbons (Fsp3) is 0.875. The first-order valence-electron chi connectivity index (χ1n) is 4.17. The lowest BCUT2D eigenvalue weighted by Gasteiger charge is -2.08. The minimum Gasteiger partial charge on any atom is -0.363 e. The highest BCUT2D eigenvalue weighted by Gasteiger charge is 2.05. The van der Waals surface area contributed by atoms with Crippen LogP contribution in [0.4, 0.5) is 0 Å². The van der Waals surface area contributed by atoms with Crippen LogP contribution in [0.3, 0.4) is 0 Å². The number of nitrogens with zero attached hydrogens (tertiary/aromatic N) is 2. The molecular formula is C8H16N2. The van der Waals surface area contributed by atoms with E-state index in [1.807, 2.05) is 6.34 Å². The molecule has 0 aromatic heterocycles. The molecule has 10 heavy (non-hydrogen) atoms. The fourth-order valence-electron chi connectivity index (χ4n) is 1.16. The minimum absolute atomic E-state index is 0.983. The van der Waals surface area contributed by atoms with Crippen molar-refractivity contribution in [2.45, 2.75) is 26.2 Å². The van der Waals surface area contributed by atoms with Crippen molar-refractivity contribution in [3.63, 3.8) is 0 Å². The zero-order valence-electron chi connectivity index (χ0n) is 6.71. The van der Waals surface area contributed by atoms with Crippen LogP contribution < -0.4 is 0 Å². The highest BCUT2D eigenvalue weighted by atomic mass is 15.2. The van der Waals surface area contributed by atoms with Gasteiger partial charge in [-0.25, -0.2) is 0 Å². The summed E-state index contributed by atoms with van der Waals surface area (Å²) < 4.78 is 0. The van der Waals surface area contributed by atoms with E-state index in [1.54, 1.807) is 0 Å². The Morgan fingerprint density at radius 1 is 1.40 bits per heavy atom. The van der Waals surface area contributed by atoms with Crippen LogP contribution in [0.1, 0.15) is 26.2 Å². The van der Waals surface area contributed by atoms with Crippen LogP contribution >= 0.6 is 0 Å². The van der Waals surface area contributed by atoms with Crippen LogP contribution in [0.2, 0.25) is 0 Å². The van der Waals surface area contributed by atoms with Crippen molar-refractivity contribution < 1.29 is 0 Å². The normalized spacial score (nSPS) is 19.1. The number of likely N-dealkylation sites (tertiary alicyclic amines) is 1. The van der Waals surface area contributed by atoms with E-state index in [4.69, 9.17) is 0 Å². The second kappa shape index (κ2) is 4.31. The molecule has 2 nitrogen and oxygen atoms in total. The molecule has 0 saturated carbocycles. The van der Waals surface area contributed by atoms with E-state index in [9.17, 15) is 0 Å². The second-order valence-electron chi connectivity index (χ2n) is 2.76. The Labute approximate surface area is 62.9 Å². The topological polar surface area (TPSA) is 15.6 Å². The van der Waals surface area contributed by atoms with Crippen LogP contribution in [0, 0.1) is 0 Å². The van der Waals surface area contributed by atoms with Gasteiger partial charge in [0.15, 0.2) is 0 Å². The zero-order valence-corrected chi connectivity index (χ0v) is 6.71. The summed E-state index contributed by atoms with van der Waals surface area (Å²) in [6.07, 6.45) is 5.86. The van der Waals surface area contributed by atoms with Gasteiger partial charge in [0, 0.05) is 19.6 Å². The molecule has 1 fully saturated rings. The summed E-state index contributed by atoms with van der Waals surface area (Å²) in [5.74, 6) is 0. The Morgan fingerprint density at radius 3 is 2.70 bits per heavy atom. The molecule has 0 aromatic rings. The van der Waals surface area contributed by atoms with E-state index in [0.717, 1.165) is 13.0 Å². The maximum absolute atomic E-state index is 4.27. The van der Waals surface area contributed by atoms with Gasteiger partial charge in [-0.2, -0.15) is 0 Å². The van der Waals surface area contributed by atoms with E-state index in [-0.39, 0.29) is 0 Å². The van der Waals surface area contributed by atoms with E-state index >= 15 is 0 Å². The summed E-state index contributed by atoms with van der Waals surface area (Å²) in [4.78, 5) is 6.57. The minimum atomic E-state index is 0.983. The summed E-state index contributed by atoms with van der Waals surface area (Å²) in [5.41, 5.74) is 0. The Morgan fingerprint density at radius 2 is 2.10 bits per heavy atom. The van der Waals surface area contributed by atoms with Crippen LogP contribution in [0.25, 0.3) is 0 Å². The van der Waals surface area contributed by atoms with Gasteiger partial charge in [-0.15, -0.1) is 0 Å². The molecule has 1 aliphatic heterocycles. The first-order chi connectivity index (χ1) is 4.93. The van der Waals surface area contributed by atoms with E-state index in [1.165, 1.54) is 25.9 Å². The molecule has 0 atom stereocenters. The van der Waals surface area contributed by atoms with Crippen molar-refractivity contribution in [3.8, 4) is 0 Å². The first-order valence-corrected chi connectivity index (χ1v) is 4.17. The summed E-state index contributed by atoms with van der Waals surface area (Å²) >= 11 is 0. The molecule has 0 aromatic carbocycles. The number of hydrogen-bond donors (Lipinski definition) is 0. The van der Waals surface area contributed by atoms with Gasteiger partial charge in [0.1, 0.15) is 0 Å². The van der Waals surface area contributed by atoms with Gasteiger partial charge in [0.2, 0.25) is 0 Å². The predicted molar refractivity (Wildman–Crippen MR) is 44.5 cm³/mol. The number of rotatable bonds is 3. The molecule has 1 saturated heterocycles. The van der Waals surface area contributed by atoms with Crippen molar-refractivity contribution in [3.05, 3.63) is 0 Å². The Balaban J connectivity index is 2.10. The molecule has 58 valence electrons. The molecule has 1 rings (SSSR count). The SMILES string of the molecule is CCCN=CN1CCCC1. The predicted octanol–water partition coefficient (Wildman–Crippen LogP) is 1.52. The van der Waals surface area contributed by atoms with Crippen molar-refractivity contribution in [1.29, 1.82) is 0 Å². The second-order valence-corrected chi connectivity index (χ2v) is 2.76. The molecule has 1 aliphatic rings. The lowest BCUT2D eigenvalue weighted by Crippen LogP contribution is -2.16. The van der Waals surface area contributed by atoms with Gasteiger partial charge in [-0.3, -0.25) is 4.99 Å². The van der Waals surface area contributed by atoms with Crippen LogP contribution in [-0.2, 0) is 0 Å². The van der Waals surface area contributed by atoms with Crippen molar-refractivity contribution in [1.82, 2.24) is 4.90 Å². The molecule has 1 heterocycles.